The molecule has 0 spiro atoms. The highest BCUT2D eigenvalue weighted by molar-refractivity contribution is 7.10. The monoisotopic (exact) mass is 348 g/mol. The third-order valence-corrected chi connectivity index (χ3v) is 6.79. The number of primary amides is 1. The number of piperidine rings is 1. The molecule has 5 heteroatoms. The van der Waals surface area contributed by atoms with Crippen LogP contribution in [0, 0.1) is 5.92 Å². The molecule has 4 nitrogen and oxygen atoms in total. The highest BCUT2D eigenvalue weighted by atomic mass is 32.1. The molecule has 1 atom stereocenters. The van der Waals surface area contributed by atoms with Crippen molar-refractivity contribution in [1.82, 2.24) is 4.90 Å². The van der Waals surface area contributed by atoms with Gasteiger partial charge in [0.15, 0.2) is 0 Å². The zero-order valence-corrected chi connectivity index (χ0v) is 15.2. The highest BCUT2D eigenvalue weighted by Crippen LogP contribution is 2.43. The Kier molecular flexibility index (Phi) is 5.59. The fourth-order valence-corrected chi connectivity index (χ4v) is 5.38. The van der Waals surface area contributed by atoms with E-state index in [1.165, 1.54) is 11.3 Å². The van der Waals surface area contributed by atoms with Crippen LogP contribution >= 0.6 is 11.3 Å². The van der Waals surface area contributed by atoms with Gasteiger partial charge in [-0.2, -0.15) is 0 Å². The van der Waals surface area contributed by atoms with E-state index in [1.54, 1.807) is 11.3 Å². The zero-order chi connectivity index (χ0) is 17.0. The second-order valence-corrected chi connectivity index (χ2v) is 8.33. The normalized spacial score (nSPS) is 23.8. The van der Waals surface area contributed by atoms with E-state index in [1.807, 2.05) is 0 Å². The van der Waals surface area contributed by atoms with E-state index in [9.17, 15) is 9.59 Å². The number of likely N-dealkylation sites (tertiary alicyclic amines) is 1. The summed E-state index contributed by atoms with van der Waals surface area (Å²) in [5.41, 5.74) is 4.99. The number of hydrogen-bond acceptors (Lipinski definition) is 3. The summed E-state index contributed by atoms with van der Waals surface area (Å²) in [6.07, 6.45) is 8.86. The van der Waals surface area contributed by atoms with Gasteiger partial charge in [0.2, 0.25) is 11.8 Å². The predicted octanol–water partition coefficient (Wildman–Crippen LogP) is 3.45. The van der Waals surface area contributed by atoms with Crippen molar-refractivity contribution >= 4 is 23.2 Å². The van der Waals surface area contributed by atoms with E-state index < -0.39 is 0 Å². The maximum atomic E-state index is 13.5. The smallest absolute Gasteiger partial charge is 0.234 e. The van der Waals surface area contributed by atoms with Crippen molar-refractivity contribution in [2.75, 3.05) is 13.1 Å². The Morgan fingerprint density at radius 2 is 2.04 bits per heavy atom. The molecule has 3 rings (SSSR count). The number of rotatable bonds is 5. The summed E-state index contributed by atoms with van der Waals surface area (Å²) in [7, 11) is 0. The quantitative estimate of drug-likeness (QED) is 0.886. The Labute approximate surface area is 148 Å². The first-order valence-corrected chi connectivity index (χ1v) is 10.1. The van der Waals surface area contributed by atoms with Gasteiger partial charge in [0.05, 0.1) is 5.41 Å². The fourth-order valence-electron chi connectivity index (χ4n) is 4.41. The third-order valence-electron chi connectivity index (χ3n) is 5.71. The molecule has 2 N–H and O–H groups in total. The molecule has 2 aliphatic rings. The zero-order valence-electron chi connectivity index (χ0n) is 14.3. The number of nitrogens with zero attached hydrogens (tertiary/aromatic N) is 1. The van der Waals surface area contributed by atoms with Gasteiger partial charge in [-0.3, -0.25) is 9.59 Å². The molecule has 2 heterocycles. The van der Waals surface area contributed by atoms with Crippen molar-refractivity contribution in [3.05, 3.63) is 22.4 Å². The van der Waals surface area contributed by atoms with Gasteiger partial charge in [-0.15, -0.1) is 11.3 Å². The summed E-state index contributed by atoms with van der Waals surface area (Å²) in [5, 5.41) is 2.09. The molecular weight excluding hydrogens is 320 g/mol. The summed E-state index contributed by atoms with van der Waals surface area (Å²) in [6, 6.07) is 4.21. The number of amides is 2. The van der Waals surface area contributed by atoms with Gasteiger partial charge in [0, 0.05) is 24.4 Å². The fraction of sp³-hybridized carbons (Fsp3) is 0.684. The minimum absolute atomic E-state index is 0.235. The molecule has 24 heavy (non-hydrogen) atoms. The van der Waals surface area contributed by atoms with E-state index in [0.717, 1.165) is 58.0 Å². The summed E-state index contributed by atoms with van der Waals surface area (Å²) in [5.74, 6) is 0.508. The van der Waals surface area contributed by atoms with Crippen LogP contribution < -0.4 is 5.73 Å². The number of nitrogens with two attached hydrogens (primary N) is 1. The average Bonchev–Trinajstić information content (AvgIpc) is 3.15. The Morgan fingerprint density at radius 3 is 2.71 bits per heavy atom. The van der Waals surface area contributed by atoms with Gasteiger partial charge in [0.25, 0.3) is 0 Å². The van der Waals surface area contributed by atoms with E-state index in [0.29, 0.717) is 18.2 Å². The molecule has 1 aromatic rings. The number of hydrogen-bond donors (Lipinski definition) is 1. The first kappa shape index (κ1) is 17.5. The number of carbonyl (C=O) groups is 2. The largest absolute Gasteiger partial charge is 0.370 e. The number of carbonyl (C=O) groups excluding carboxylic acids is 2. The minimum atomic E-state index is -0.294. The van der Waals surface area contributed by atoms with E-state index in [4.69, 9.17) is 5.73 Å². The molecule has 2 fully saturated rings. The molecule has 1 aromatic heterocycles. The second kappa shape index (κ2) is 7.68. The van der Waals surface area contributed by atoms with Gasteiger partial charge in [-0.05, 0) is 49.5 Å². The maximum Gasteiger partial charge on any atom is 0.234 e. The van der Waals surface area contributed by atoms with Crippen LogP contribution in [-0.4, -0.2) is 29.8 Å². The van der Waals surface area contributed by atoms with E-state index in [-0.39, 0.29) is 11.3 Å². The predicted molar refractivity (Wildman–Crippen MR) is 96.8 cm³/mol. The van der Waals surface area contributed by atoms with Crippen molar-refractivity contribution in [2.45, 2.75) is 63.2 Å². The van der Waals surface area contributed by atoms with Crippen molar-refractivity contribution in [3.63, 3.8) is 0 Å². The van der Waals surface area contributed by atoms with Gasteiger partial charge in [0.1, 0.15) is 0 Å². The standard InChI is InChI=1S/C19H28N2O2S/c20-17(22)9-8-15-6-4-12-21(14-15)18(23)19(10-2-1-3-11-19)16-7-5-13-24-16/h5,7,13,15H,1-4,6,8-12,14H2,(H2,20,22). The summed E-state index contributed by atoms with van der Waals surface area (Å²) < 4.78 is 0. The van der Waals surface area contributed by atoms with Crippen LogP contribution in [-0.2, 0) is 15.0 Å². The summed E-state index contributed by atoms with van der Waals surface area (Å²) >= 11 is 1.73. The lowest BCUT2D eigenvalue weighted by Gasteiger charge is -2.42. The van der Waals surface area contributed by atoms with Crippen molar-refractivity contribution in [1.29, 1.82) is 0 Å². The Bertz CT molecular complexity index is 564. The van der Waals surface area contributed by atoms with Crippen LogP contribution in [0.25, 0.3) is 0 Å². The van der Waals surface area contributed by atoms with Crippen molar-refractivity contribution < 1.29 is 9.59 Å². The molecule has 0 aromatic carbocycles. The first-order valence-electron chi connectivity index (χ1n) is 9.23. The first-order chi connectivity index (χ1) is 11.6. The third kappa shape index (κ3) is 3.66. The van der Waals surface area contributed by atoms with Crippen LogP contribution in [0.15, 0.2) is 17.5 Å². The lowest BCUT2D eigenvalue weighted by atomic mass is 9.71. The van der Waals surface area contributed by atoms with Crippen LogP contribution in [0.4, 0.5) is 0 Å². The minimum Gasteiger partial charge on any atom is -0.370 e. The number of thiophene rings is 1. The van der Waals surface area contributed by atoms with Gasteiger partial charge >= 0.3 is 0 Å². The summed E-state index contributed by atoms with van der Waals surface area (Å²) in [4.78, 5) is 27.9. The second-order valence-electron chi connectivity index (χ2n) is 7.38. The van der Waals surface area contributed by atoms with Crippen LogP contribution in [0.5, 0.6) is 0 Å². The molecule has 0 radical (unpaired) electrons. The molecule has 1 saturated carbocycles. The summed E-state index contributed by atoms with van der Waals surface area (Å²) in [6.45, 7) is 1.65. The van der Waals surface area contributed by atoms with Gasteiger partial charge in [-0.1, -0.05) is 25.3 Å². The molecule has 1 unspecified atom stereocenters. The lowest BCUT2D eigenvalue weighted by Crippen LogP contribution is -2.51. The Hall–Kier alpha value is -1.36. The van der Waals surface area contributed by atoms with Gasteiger partial charge < -0.3 is 10.6 Å². The van der Waals surface area contributed by atoms with Crippen LogP contribution in [0.3, 0.4) is 0 Å². The van der Waals surface area contributed by atoms with E-state index >= 15 is 0 Å². The highest BCUT2D eigenvalue weighted by Gasteiger charge is 2.44. The average molecular weight is 349 g/mol. The molecule has 2 amide bonds. The molecule has 132 valence electrons. The maximum absolute atomic E-state index is 13.5. The lowest BCUT2D eigenvalue weighted by molar-refractivity contribution is -0.140. The van der Waals surface area contributed by atoms with Crippen LogP contribution in [0.1, 0.15) is 62.7 Å². The Morgan fingerprint density at radius 1 is 1.25 bits per heavy atom. The molecule has 0 bridgehead atoms. The van der Waals surface area contributed by atoms with Crippen LogP contribution in [0.2, 0.25) is 0 Å². The van der Waals surface area contributed by atoms with Crippen molar-refractivity contribution in [2.24, 2.45) is 11.7 Å². The molecule has 1 aliphatic carbocycles. The SMILES string of the molecule is NC(=O)CCC1CCCN(C(=O)C2(c3cccs3)CCCCC2)C1. The Balaban J connectivity index is 1.74. The molecular formula is C19H28N2O2S. The van der Waals surface area contributed by atoms with Crippen molar-refractivity contribution in [3.8, 4) is 0 Å². The van der Waals surface area contributed by atoms with E-state index in [2.05, 4.69) is 22.4 Å². The van der Waals surface area contributed by atoms with Gasteiger partial charge in [-0.25, -0.2) is 0 Å². The molecule has 1 aliphatic heterocycles. The molecule has 1 saturated heterocycles. The topological polar surface area (TPSA) is 63.4 Å².